The Bertz CT molecular complexity index is 488. The SMILES string of the molecule is CCNC(=NCc1ccccn1)NCC(C)CN1CCN(C)CC1.I. The predicted octanol–water partition coefficient (Wildman–Crippen LogP) is 1.64. The molecule has 1 atom stereocenters. The Hall–Kier alpha value is -0.930. The normalized spacial score (nSPS) is 17.6. The number of hydrogen-bond acceptors (Lipinski definition) is 4. The van der Waals surface area contributed by atoms with Gasteiger partial charge in [0.25, 0.3) is 0 Å². The van der Waals surface area contributed by atoms with E-state index in [0.29, 0.717) is 12.5 Å². The standard InChI is InChI=1S/C18H32N6.HI/c1-4-19-18(22-14-17-7-5-6-8-20-17)21-13-16(2)15-24-11-9-23(3)10-12-24;/h5-8,16H,4,9-15H2,1-3H3,(H2,19,21,22);1H. The van der Waals surface area contributed by atoms with Crippen LogP contribution in [-0.4, -0.2) is 73.6 Å². The Morgan fingerprint density at radius 2 is 2.00 bits per heavy atom. The van der Waals surface area contributed by atoms with Gasteiger partial charge in [0, 0.05) is 52.0 Å². The zero-order chi connectivity index (χ0) is 17.2. The summed E-state index contributed by atoms with van der Waals surface area (Å²) in [5.74, 6) is 1.46. The van der Waals surface area contributed by atoms with Gasteiger partial charge in [-0.15, -0.1) is 24.0 Å². The molecule has 1 aliphatic rings. The van der Waals surface area contributed by atoms with Gasteiger partial charge in [-0.1, -0.05) is 13.0 Å². The summed E-state index contributed by atoms with van der Waals surface area (Å²) in [4.78, 5) is 13.9. The quantitative estimate of drug-likeness (QED) is 0.368. The highest BCUT2D eigenvalue weighted by Gasteiger charge is 2.16. The van der Waals surface area contributed by atoms with Gasteiger partial charge < -0.3 is 20.4 Å². The highest BCUT2D eigenvalue weighted by atomic mass is 127. The summed E-state index contributed by atoms with van der Waals surface area (Å²) in [5, 5.41) is 6.77. The van der Waals surface area contributed by atoms with E-state index in [1.165, 1.54) is 26.2 Å². The van der Waals surface area contributed by atoms with Crippen molar-refractivity contribution < 1.29 is 0 Å². The van der Waals surface area contributed by atoms with Crippen LogP contribution in [0.1, 0.15) is 19.5 Å². The summed E-state index contributed by atoms with van der Waals surface area (Å²) in [6, 6.07) is 5.93. The largest absolute Gasteiger partial charge is 0.357 e. The minimum absolute atomic E-state index is 0. The Labute approximate surface area is 169 Å². The fraction of sp³-hybridized carbons (Fsp3) is 0.667. The van der Waals surface area contributed by atoms with Gasteiger partial charge in [0.2, 0.25) is 0 Å². The highest BCUT2D eigenvalue weighted by molar-refractivity contribution is 14.0. The van der Waals surface area contributed by atoms with Crippen molar-refractivity contribution >= 4 is 29.9 Å². The maximum atomic E-state index is 4.62. The number of nitrogens with one attached hydrogen (secondary N) is 2. The fourth-order valence-corrected chi connectivity index (χ4v) is 2.80. The molecule has 1 fully saturated rings. The third-order valence-electron chi connectivity index (χ3n) is 4.25. The van der Waals surface area contributed by atoms with Gasteiger partial charge in [-0.25, -0.2) is 4.99 Å². The lowest BCUT2D eigenvalue weighted by Gasteiger charge is -2.34. The maximum absolute atomic E-state index is 4.62. The van der Waals surface area contributed by atoms with Crippen molar-refractivity contribution in [1.29, 1.82) is 0 Å². The lowest BCUT2D eigenvalue weighted by atomic mass is 10.1. The monoisotopic (exact) mass is 460 g/mol. The van der Waals surface area contributed by atoms with Crippen molar-refractivity contribution in [3.8, 4) is 0 Å². The number of halogens is 1. The molecule has 1 aromatic rings. The number of rotatable bonds is 7. The van der Waals surface area contributed by atoms with E-state index in [2.05, 4.69) is 51.3 Å². The van der Waals surface area contributed by atoms with E-state index in [1.807, 2.05) is 24.4 Å². The van der Waals surface area contributed by atoms with Crippen LogP contribution in [0, 0.1) is 5.92 Å². The predicted molar refractivity (Wildman–Crippen MR) is 116 cm³/mol. The first-order valence-electron chi connectivity index (χ1n) is 9.00. The number of guanidine groups is 1. The second kappa shape index (κ2) is 12.4. The molecule has 0 radical (unpaired) electrons. The van der Waals surface area contributed by atoms with Gasteiger partial charge >= 0.3 is 0 Å². The van der Waals surface area contributed by atoms with E-state index in [9.17, 15) is 0 Å². The number of hydrogen-bond donors (Lipinski definition) is 2. The van der Waals surface area contributed by atoms with Crippen molar-refractivity contribution in [3.05, 3.63) is 30.1 Å². The molecular formula is C18H33IN6. The van der Waals surface area contributed by atoms with Crippen LogP contribution in [0.4, 0.5) is 0 Å². The Kier molecular flexibility index (Phi) is 11.0. The minimum Gasteiger partial charge on any atom is -0.357 e. The van der Waals surface area contributed by atoms with E-state index < -0.39 is 0 Å². The topological polar surface area (TPSA) is 55.8 Å². The molecule has 0 aliphatic carbocycles. The van der Waals surface area contributed by atoms with Crippen LogP contribution in [0.15, 0.2) is 29.4 Å². The summed E-state index contributed by atoms with van der Waals surface area (Å²) < 4.78 is 0. The van der Waals surface area contributed by atoms with Gasteiger partial charge in [-0.05, 0) is 32.0 Å². The molecule has 2 rings (SSSR count). The second-order valence-corrected chi connectivity index (χ2v) is 6.61. The summed E-state index contributed by atoms with van der Waals surface area (Å²) in [5.41, 5.74) is 0.986. The van der Waals surface area contributed by atoms with Crippen LogP contribution in [0.5, 0.6) is 0 Å². The third-order valence-corrected chi connectivity index (χ3v) is 4.25. The minimum atomic E-state index is 0. The molecule has 1 aromatic heterocycles. The molecule has 0 saturated carbocycles. The van der Waals surface area contributed by atoms with Gasteiger partial charge in [0.15, 0.2) is 5.96 Å². The number of aromatic nitrogens is 1. The van der Waals surface area contributed by atoms with Crippen molar-refractivity contribution in [2.24, 2.45) is 10.9 Å². The van der Waals surface area contributed by atoms with Crippen LogP contribution < -0.4 is 10.6 Å². The first kappa shape index (κ1) is 22.1. The summed E-state index contributed by atoms with van der Waals surface area (Å²) in [6.45, 7) is 12.6. The van der Waals surface area contributed by atoms with Crippen LogP contribution in [-0.2, 0) is 6.54 Å². The van der Waals surface area contributed by atoms with Crippen molar-refractivity contribution in [3.63, 3.8) is 0 Å². The Morgan fingerprint density at radius 1 is 1.24 bits per heavy atom. The van der Waals surface area contributed by atoms with Crippen molar-refractivity contribution in [1.82, 2.24) is 25.4 Å². The van der Waals surface area contributed by atoms with Crippen LogP contribution in [0.3, 0.4) is 0 Å². The molecule has 25 heavy (non-hydrogen) atoms. The van der Waals surface area contributed by atoms with Gasteiger partial charge in [-0.3, -0.25) is 4.98 Å². The lowest BCUT2D eigenvalue weighted by Crippen LogP contribution is -2.47. The molecule has 142 valence electrons. The maximum Gasteiger partial charge on any atom is 0.191 e. The summed E-state index contributed by atoms with van der Waals surface area (Å²) in [7, 11) is 2.20. The van der Waals surface area contributed by atoms with E-state index in [4.69, 9.17) is 0 Å². The number of nitrogens with zero attached hydrogens (tertiary/aromatic N) is 4. The first-order valence-corrected chi connectivity index (χ1v) is 9.00. The van der Waals surface area contributed by atoms with Gasteiger partial charge in [-0.2, -0.15) is 0 Å². The first-order chi connectivity index (χ1) is 11.7. The van der Waals surface area contributed by atoms with Crippen LogP contribution in [0.2, 0.25) is 0 Å². The third kappa shape index (κ3) is 8.82. The molecule has 0 bridgehead atoms. The number of piperazine rings is 1. The van der Waals surface area contributed by atoms with Crippen LogP contribution >= 0.6 is 24.0 Å². The van der Waals surface area contributed by atoms with E-state index >= 15 is 0 Å². The molecular weight excluding hydrogens is 427 g/mol. The molecule has 1 unspecified atom stereocenters. The highest BCUT2D eigenvalue weighted by Crippen LogP contribution is 2.04. The summed E-state index contributed by atoms with van der Waals surface area (Å²) in [6.07, 6.45) is 1.81. The Morgan fingerprint density at radius 3 is 2.64 bits per heavy atom. The van der Waals surface area contributed by atoms with Gasteiger partial charge in [0.1, 0.15) is 0 Å². The number of aliphatic imine (C=N–C) groups is 1. The van der Waals surface area contributed by atoms with Crippen molar-refractivity contribution in [2.45, 2.75) is 20.4 Å². The molecule has 6 nitrogen and oxygen atoms in total. The number of likely N-dealkylation sites (N-methyl/N-ethyl adjacent to an activating group) is 1. The summed E-state index contributed by atoms with van der Waals surface area (Å²) >= 11 is 0. The zero-order valence-electron chi connectivity index (χ0n) is 15.7. The van der Waals surface area contributed by atoms with E-state index in [0.717, 1.165) is 31.3 Å². The molecule has 2 N–H and O–H groups in total. The zero-order valence-corrected chi connectivity index (χ0v) is 18.1. The molecule has 0 spiro atoms. The molecule has 0 amide bonds. The van der Waals surface area contributed by atoms with Gasteiger partial charge in [0.05, 0.1) is 12.2 Å². The Balaban J connectivity index is 0.00000312. The average Bonchev–Trinajstić information content (AvgIpc) is 2.60. The van der Waals surface area contributed by atoms with E-state index in [-0.39, 0.29) is 24.0 Å². The average molecular weight is 460 g/mol. The lowest BCUT2D eigenvalue weighted by molar-refractivity contribution is 0.139. The molecule has 1 saturated heterocycles. The smallest absolute Gasteiger partial charge is 0.191 e. The van der Waals surface area contributed by atoms with Crippen LogP contribution in [0.25, 0.3) is 0 Å². The fourth-order valence-electron chi connectivity index (χ4n) is 2.80. The number of pyridine rings is 1. The molecule has 1 aliphatic heterocycles. The van der Waals surface area contributed by atoms with E-state index in [1.54, 1.807) is 0 Å². The molecule has 0 aromatic carbocycles. The second-order valence-electron chi connectivity index (χ2n) is 6.61. The van der Waals surface area contributed by atoms with Crippen molar-refractivity contribution in [2.75, 3.05) is 52.9 Å². The molecule has 2 heterocycles. The molecule has 7 heteroatoms.